The maximum Gasteiger partial charge on any atom is 0.573 e. The van der Waals surface area contributed by atoms with E-state index < -0.39 is 18.0 Å². The van der Waals surface area contributed by atoms with Crippen LogP contribution in [0.1, 0.15) is 21.6 Å². The van der Waals surface area contributed by atoms with Gasteiger partial charge in [0.25, 0.3) is 5.91 Å². The highest BCUT2D eigenvalue weighted by Gasteiger charge is 2.34. The van der Waals surface area contributed by atoms with Gasteiger partial charge in [-0.05, 0) is 36.6 Å². The number of halogens is 3. The number of nitrogens with zero attached hydrogens (tertiary/aromatic N) is 6. The van der Waals surface area contributed by atoms with Crippen molar-refractivity contribution in [1.29, 1.82) is 0 Å². The van der Waals surface area contributed by atoms with Crippen molar-refractivity contribution in [2.45, 2.75) is 25.7 Å². The number of fused-ring (bicyclic) bond motifs is 3. The van der Waals surface area contributed by atoms with Crippen molar-refractivity contribution in [2.24, 2.45) is 5.73 Å². The molecule has 39 heavy (non-hydrogen) atoms. The summed E-state index contributed by atoms with van der Waals surface area (Å²) in [6.07, 6.45) is -2.39. The van der Waals surface area contributed by atoms with Crippen LogP contribution in [0, 0.1) is 0 Å². The summed E-state index contributed by atoms with van der Waals surface area (Å²) in [5.74, 6) is -1.17. The Morgan fingerprint density at radius 2 is 2.00 bits per heavy atom. The van der Waals surface area contributed by atoms with Crippen LogP contribution in [0.2, 0.25) is 0 Å². The summed E-state index contributed by atoms with van der Waals surface area (Å²) < 4.78 is 45.1. The summed E-state index contributed by atoms with van der Waals surface area (Å²) in [5, 5.41) is 26.8. The number of ether oxygens (including phenoxy) is 1. The molecule has 5 rings (SSSR count). The Bertz CT molecular complexity index is 1400. The number of anilines is 3. The number of alkyl halides is 3. The van der Waals surface area contributed by atoms with Crippen LogP contribution in [0.5, 0.6) is 5.75 Å². The van der Waals surface area contributed by atoms with Crippen molar-refractivity contribution in [3.8, 4) is 17.1 Å². The predicted octanol–water partition coefficient (Wildman–Crippen LogP) is 1.83. The lowest BCUT2D eigenvalue weighted by Gasteiger charge is -2.37. The lowest BCUT2D eigenvalue weighted by atomic mass is 9.93. The molecular formula is C24H28F3N8O4+. The Morgan fingerprint density at radius 3 is 2.67 bits per heavy atom. The topological polar surface area (TPSA) is 152 Å². The zero-order valence-electron chi connectivity index (χ0n) is 21.1. The normalized spacial score (nSPS) is 16.4. The Morgan fingerprint density at radius 1 is 1.26 bits per heavy atom. The molecule has 15 heteroatoms. The highest BCUT2D eigenvalue weighted by atomic mass is 19.4. The standard InChI is InChI=1S/C24H27F3N8O4/c1-35(38)9-6-33(7-10-35)15-3-5-18(39-24(25,26)27)17(12-15)30-23-29-13-14-2-4-16-20(22(28)37)32-34(8-11-36)21(16)19(14)31-23/h3,5,12-13,36,38H,2,4,6-11H2,1H3,(H2-,28,29,30,31,37)/p+1. The minimum Gasteiger partial charge on any atom is -0.404 e. The first-order valence-corrected chi connectivity index (χ1v) is 12.3. The van der Waals surface area contributed by atoms with Crippen molar-refractivity contribution >= 4 is 23.2 Å². The van der Waals surface area contributed by atoms with Gasteiger partial charge in [-0.2, -0.15) is 9.75 Å². The number of benzene rings is 1. The van der Waals surface area contributed by atoms with Crippen molar-refractivity contribution < 1.29 is 37.7 Å². The minimum atomic E-state index is -4.92. The van der Waals surface area contributed by atoms with Gasteiger partial charge in [-0.3, -0.25) is 9.48 Å². The number of hydrogen-bond acceptors (Lipinski definition) is 9. The number of aromatic nitrogens is 4. The number of hydrogen-bond donors (Lipinski definition) is 4. The second-order valence-electron chi connectivity index (χ2n) is 9.68. The smallest absolute Gasteiger partial charge is 0.404 e. The van der Waals surface area contributed by atoms with Crippen LogP contribution in [0.4, 0.5) is 30.5 Å². The van der Waals surface area contributed by atoms with Crippen LogP contribution in [-0.2, 0) is 19.4 Å². The van der Waals surface area contributed by atoms with Gasteiger partial charge >= 0.3 is 6.36 Å². The third kappa shape index (κ3) is 5.60. The lowest BCUT2D eigenvalue weighted by Crippen LogP contribution is -2.55. The molecule has 1 aliphatic carbocycles. The number of piperazine rings is 1. The Labute approximate surface area is 221 Å². The van der Waals surface area contributed by atoms with Crippen molar-refractivity contribution in [3.05, 3.63) is 41.2 Å². The van der Waals surface area contributed by atoms with Crippen LogP contribution < -0.4 is 20.7 Å². The lowest BCUT2D eigenvalue weighted by molar-refractivity contribution is -1.09. The molecule has 1 fully saturated rings. The Hall–Kier alpha value is -3.95. The molecule has 0 saturated carbocycles. The van der Waals surface area contributed by atoms with E-state index in [1.54, 1.807) is 13.2 Å². The van der Waals surface area contributed by atoms with E-state index in [9.17, 15) is 28.3 Å². The summed E-state index contributed by atoms with van der Waals surface area (Å²) in [6.45, 7) is 1.76. The van der Waals surface area contributed by atoms with E-state index in [2.05, 4.69) is 25.1 Å². The fraction of sp³-hybridized carbons (Fsp3) is 0.417. The summed E-state index contributed by atoms with van der Waals surface area (Å²) in [4.78, 5) is 22.8. The minimum absolute atomic E-state index is 0.00129. The number of rotatable bonds is 7. The van der Waals surface area contributed by atoms with Gasteiger partial charge in [-0.1, -0.05) is 0 Å². The number of carbonyl (C=O) groups is 1. The highest BCUT2D eigenvalue weighted by Crippen LogP contribution is 2.38. The molecule has 0 bridgehead atoms. The van der Waals surface area contributed by atoms with Crippen LogP contribution >= 0.6 is 0 Å². The van der Waals surface area contributed by atoms with Crippen LogP contribution in [0.3, 0.4) is 0 Å². The molecule has 208 valence electrons. The maximum atomic E-state index is 13.2. The van der Waals surface area contributed by atoms with Gasteiger partial charge < -0.3 is 25.8 Å². The number of carbonyl (C=O) groups excluding carboxylic acids is 1. The van der Waals surface area contributed by atoms with E-state index in [4.69, 9.17) is 5.73 Å². The predicted molar refractivity (Wildman–Crippen MR) is 133 cm³/mol. The number of aryl methyl sites for hydroxylation is 1. The summed E-state index contributed by atoms with van der Waals surface area (Å²) in [6, 6.07) is 4.26. The van der Waals surface area contributed by atoms with E-state index in [0.29, 0.717) is 61.7 Å². The molecular weight excluding hydrogens is 521 g/mol. The molecule has 2 aliphatic rings. The fourth-order valence-electron chi connectivity index (χ4n) is 4.87. The zero-order chi connectivity index (χ0) is 27.9. The summed E-state index contributed by atoms with van der Waals surface area (Å²) in [5.41, 5.74) is 8.52. The van der Waals surface area contributed by atoms with Crippen molar-refractivity contribution in [2.75, 3.05) is 50.1 Å². The molecule has 2 aromatic heterocycles. The van der Waals surface area contributed by atoms with Gasteiger partial charge in [-0.25, -0.2) is 15.2 Å². The number of nitrogens with one attached hydrogen (secondary N) is 1. The number of aliphatic hydroxyl groups excluding tert-OH is 1. The molecule has 1 aliphatic heterocycles. The Balaban J connectivity index is 1.52. The average Bonchev–Trinajstić information content (AvgIpc) is 3.24. The molecule has 1 amide bonds. The number of nitrogens with two attached hydrogens (primary N) is 1. The number of likely N-dealkylation sites (N-methyl/N-ethyl adjacent to an activating group) is 1. The van der Waals surface area contributed by atoms with E-state index in [1.807, 2.05) is 4.90 Å². The molecule has 1 aromatic carbocycles. The summed E-state index contributed by atoms with van der Waals surface area (Å²) >= 11 is 0. The van der Waals surface area contributed by atoms with Crippen molar-refractivity contribution in [1.82, 2.24) is 19.7 Å². The number of quaternary nitrogens is 1. The van der Waals surface area contributed by atoms with Crippen molar-refractivity contribution in [3.63, 3.8) is 0 Å². The molecule has 0 unspecified atom stereocenters. The molecule has 0 radical (unpaired) electrons. The van der Waals surface area contributed by atoms with Crippen LogP contribution in [0.15, 0.2) is 24.4 Å². The largest absolute Gasteiger partial charge is 0.573 e. The number of aliphatic hydroxyl groups is 1. The van der Waals surface area contributed by atoms with Gasteiger partial charge in [0.1, 0.15) is 13.1 Å². The third-order valence-electron chi connectivity index (χ3n) is 6.83. The molecule has 3 aromatic rings. The van der Waals surface area contributed by atoms with E-state index in [1.165, 1.54) is 22.9 Å². The molecule has 12 nitrogen and oxygen atoms in total. The first kappa shape index (κ1) is 26.6. The molecule has 0 spiro atoms. The molecule has 0 atom stereocenters. The van der Waals surface area contributed by atoms with Crippen LogP contribution in [0.25, 0.3) is 11.4 Å². The average molecular weight is 550 g/mol. The molecule has 3 heterocycles. The first-order chi connectivity index (χ1) is 18.4. The van der Waals surface area contributed by atoms with Crippen LogP contribution in [-0.4, -0.2) is 86.8 Å². The monoisotopic (exact) mass is 549 g/mol. The van der Waals surface area contributed by atoms with E-state index in [0.717, 1.165) is 5.56 Å². The second-order valence-corrected chi connectivity index (χ2v) is 9.68. The highest BCUT2D eigenvalue weighted by molar-refractivity contribution is 5.94. The van der Waals surface area contributed by atoms with Gasteiger partial charge in [0.05, 0.1) is 50.4 Å². The number of hydroxylamine groups is 3. The first-order valence-electron chi connectivity index (χ1n) is 12.3. The SMILES string of the molecule is C[N+]1(O)CCN(c2ccc(OC(F)(F)F)c(Nc3ncc4c(n3)-c3c(c(C(N)=O)nn3CCO)CC4)c2)CC1. The van der Waals surface area contributed by atoms with Gasteiger partial charge in [0.15, 0.2) is 11.4 Å². The fourth-order valence-corrected chi connectivity index (χ4v) is 4.87. The van der Waals surface area contributed by atoms with E-state index >= 15 is 0 Å². The molecule has 5 N–H and O–H groups in total. The quantitative estimate of drug-likeness (QED) is 0.324. The Kier molecular flexibility index (Phi) is 6.82. The zero-order valence-corrected chi connectivity index (χ0v) is 21.1. The van der Waals surface area contributed by atoms with Gasteiger partial charge in [-0.15, -0.1) is 13.2 Å². The third-order valence-corrected chi connectivity index (χ3v) is 6.83. The van der Waals surface area contributed by atoms with Gasteiger partial charge in [0.2, 0.25) is 5.95 Å². The van der Waals surface area contributed by atoms with Gasteiger partial charge in [0, 0.05) is 17.4 Å². The number of primary amides is 1. The number of amides is 1. The second kappa shape index (κ2) is 9.98. The maximum absolute atomic E-state index is 13.2. The molecule has 1 saturated heterocycles. The van der Waals surface area contributed by atoms with E-state index in [-0.39, 0.29) is 35.1 Å². The summed E-state index contributed by atoms with van der Waals surface area (Å²) in [7, 11) is 1.70.